The lowest BCUT2D eigenvalue weighted by atomic mass is 10.1. The maximum Gasteiger partial charge on any atom is 0.157 e. The van der Waals surface area contributed by atoms with Gasteiger partial charge >= 0.3 is 0 Å². The van der Waals surface area contributed by atoms with E-state index in [-0.39, 0.29) is 5.78 Å². The van der Waals surface area contributed by atoms with Gasteiger partial charge in [-0.25, -0.2) is 0 Å². The zero-order valence-electron chi connectivity index (χ0n) is 9.31. The highest BCUT2D eigenvalue weighted by Gasteiger charge is 2.10. The van der Waals surface area contributed by atoms with Crippen LogP contribution in [0.5, 0.6) is 0 Å². The second-order valence-electron chi connectivity index (χ2n) is 4.45. The molecular formula is C12H21NO. The van der Waals surface area contributed by atoms with E-state index in [1.807, 2.05) is 0 Å². The number of carbonyl (C=O) groups excluding carboxylic acids is 1. The average Bonchev–Trinajstić information content (AvgIpc) is 2.50. The van der Waals surface area contributed by atoms with Crippen molar-refractivity contribution in [2.75, 3.05) is 6.54 Å². The van der Waals surface area contributed by atoms with E-state index in [9.17, 15) is 4.79 Å². The molecule has 0 bridgehead atoms. The summed E-state index contributed by atoms with van der Waals surface area (Å²) in [5, 5.41) is 3.33. The number of hydrogen-bond donors (Lipinski definition) is 1. The van der Waals surface area contributed by atoms with Crippen LogP contribution in [0.3, 0.4) is 0 Å². The molecule has 0 amide bonds. The molecule has 0 saturated heterocycles. The second-order valence-corrected chi connectivity index (χ2v) is 4.45. The van der Waals surface area contributed by atoms with Gasteiger partial charge in [-0.15, -0.1) is 0 Å². The highest BCUT2D eigenvalue weighted by molar-refractivity contribution is 5.92. The minimum atomic E-state index is 0.273. The largest absolute Gasteiger partial charge is 0.388 e. The lowest BCUT2D eigenvalue weighted by Crippen LogP contribution is -2.13. The van der Waals surface area contributed by atoms with Crippen LogP contribution in [0.1, 0.15) is 46.0 Å². The van der Waals surface area contributed by atoms with Gasteiger partial charge in [0.15, 0.2) is 5.78 Å². The van der Waals surface area contributed by atoms with Crippen LogP contribution in [-0.2, 0) is 4.79 Å². The quantitative estimate of drug-likeness (QED) is 0.660. The molecule has 0 fully saturated rings. The molecule has 0 aromatic carbocycles. The van der Waals surface area contributed by atoms with E-state index in [1.165, 1.54) is 19.3 Å². The lowest BCUT2D eigenvalue weighted by molar-refractivity contribution is -0.114. The van der Waals surface area contributed by atoms with Crippen molar-refractivity contribution in [3.8, 4) is 0 Å². The standard InChI is InChI=1S/C12H21NO/c1-10(2)5-3-4-8-13-11-6-7-12(14)9-11/h9-10,13H,3-8H2,1-2H3. The normalized spacial score (nSPS) is 16.2. The summed E-state index contributed by atoms with van der Waals surface area (Å²) in [6.45, 7) is 5.53. The predicted molar refractivity (Wildman–Crippen MR) is 59.0 cm³/mol. The van der Waals surface area contributed by atoms with E-state index < -0.39 is 0 Å². The van der Waals surface area contributed by atoms with E-state index in [0.717, 1.165) is 24.6 Å². The number of unbranched alkanes of at least 4 members (excludes halogenated alkanes) is 1. The molecule has 0 atom stereocenters. The maximum atomic E-state index is 10.9. The molecule has 2 nitrogen and oxygen atoms in total. The van der Waals surface area contributed by atoms with Crippen molar-refractivity contribution < 1.29 is 4.79 Å². The van der Waals surface area contributed by atoms with Crippen molar-refractivity contribution in [1.82, 2.24) is 5.32 Å². The van der Waals surface area contributed by atoms with Crippen LogP contribution in [0.15, 0.2) is 11.8 Å². The molecule has 1 rings (SSSR count). The maximum absolute atomic E-state index is 10.9. The molecule has 0 radical (unpaired) electrons. The van der Waals surface area contributed by atoms with Crippen LogP contribution >= 0.6 is 0 Å². The van der Waals surface area contributed by atoms with Gasteiger partial charge in [0.2, 0.25) is 0 Å². The fourth-order valence-electron chi connectivity index (χ4n) is 1.66. The Hall–Kier alpha value is -0.790. The number of nitrogens with one attached hydrogen (secondary N) is 1. The molecule has 0 spiro atoms. The molecule has 0 aromatic rings. The molecule has 14 heavy (non-hydrogen) atoms. The molecule has 0 saturated carbocycles. The van der Waals surface area contributed by atoms with E-state index in [4.69, 9.17) is 0 Å². The Balaban J connectivity index is 1.99. The minimum Gasteiger partial charge on any atom is -0.388 e. The van der Waals surface area contributed by atoms with Gasteiger partial charge in [0.25, 0.3) is 0 Å². The Bertz CT molecular complexity index is 218. The molecule has 2 heteroatoms. The van der Waals surface area contributed by atoms with Crippen molar-refractivity contribution in [3.05, 3.63) is 11.8 Å². The van der Waals surface area contributed by atoms with Crippen LogP contribution in [0.25, 0.3) is 0 Å². The molecule has 1 aliphatic rings. The van der Waals surface area contributed by atoms with Crippen molar-refractivity contribution >= 4 is 5.78 Å². The van der Waals surface area contributed by atoms with Crippen molar-refractivity contribution in [2.45, 2.75) is 46.0 Å². The van der Waals surface area contributed by atoms with Crippen LogP contribution in [0.4, 0.5) is 0 Å². The van der Waals surface area contributed by atoms with Gasteiger partial charge in [0.1, 0.15) is 0 Å². The van der Waals surface area contributed by atoms with Crippen LogP contribution in [-0.4, -0.2) is 12.3 Å². The third-order valence-corrected chi connectivity index (χ3v) is 2.54. The molecular weight excluding hydrogens is 174 g/mol. The topological polar surface area (TPSA) is 29.1 Å². The van der Waals surface area contributed by atoms with Crippen LogP contribution in [0.2, 0.25) is 0 Å². The lowest BCUT2D eigenvalue weighted by Gasteiger charge is -2.07. The van der Waals surface area contributed by atoms with Crippen molar-refractivity contribution in [3.63, 3.8) is 0 Å². The van der Waals surface area contributed by atoms with E-state index in [2.05, 4.69) is 19.2 Å². The highest BCUT2D eigenvalue weighted by atomic mass is 16.1. The van der Waals surface area contributed by atoms with Gasteiger partial charge in [-0.1, -0.05) is 26.7 Å². The summed E-state index contributed by atoms with van der Waals surface area (Å²) in [7, 11) is 0. The smallest absolute Gasteiger partial charge is 0.157 e. The summed E-state index contributed by atoms with van der Waals surface area (Å²) in [5.41, 5.74) is 1.14. The Morgan fingerprint density at radius 1 is 1.36 bits per heavy atom. The first-order chi connectivity index (χ1) is 6.68. The summed E-state index contributed by atoms with van der Waals surface area (Å²) in [6.07, 6.45) is 7.18. The summed E-state index contributed by atoms with van der Waals surface area (Å²) >= 11 is 0. The fraction of sp³-hybridized carbons (Fsp3) is 0.750. The minimum absolute atomic E-state index is 0.273. The second kappa shape index (κ2) is 5.84. The number of rotatable bonds is 6. The predicted octanol–water partition coefficient (Wildman–Crippen LogP) is 2.65. The first-order valence-electron chi connectivity index (χ1n) is 5.66. The molecule has 0 aromatic heterocycles. The van der Waals surface area contributed by atoms with Gasteiger partial charge in [-0.3, -0.25) is 4.79 Å². The number of hydrogen-bond acceptors (Lipinski definition) is 2. The molecule has 80 valence electrons. The van der Waals surface area contributed by atoms with Crippen molar-refractivity contribution in [1.29, 1.82) is 0 Å². The van der Waals surface area contributed by atoms with Gasteiger partial charge in [0, 0.05) is 24.7 Å². The Morgan fingerprint density at radius 3 is 2.71 bits per heavy atom. The highest BCUT2D eigenvalue weighted by Crippen LogP contribution is 2.12. The van der Waals surface area contributed by atoms with Crippen LogP contribution < -0.4 is 5.32 Å². The monoisotopic (exact) mass is 195 g/mol. The van der Waals surface area contributed by atoms with Gasteiger partial charge < -0.3 is 5.32 Å². The molecule has 0 unspecified atom stereocenters. The molecule has 0 heterocycles. The third kappa shape index (κ3) is 4.45. The fourth-order valence-corrected chi connectivity index (χ4v) is 1.66. The zero-order valence-corrected chi connectivity index (χ0v) is 9.31. The first-order valence-corrected chi connectivity index (χ1v) is 5.66. The van der Waals surface area contributed by atoms with Crippen molar-refractivity contribution in [2.24, 2.45) is 5.92 Å². The Kier molecular flexibility index (Phi) is 4.71. The van der Waals surface area contributed by atoms with Gasteiger partial charge in [-0.05, 0) is 18.8 Å². The summed E-state index contributed by atoms with van der Waals surface area (Å²) in [5.74, 6) is 1.08. The van der Waals surface area contributed by atoms with E-state index in [0.29, 0.717) is 6.42 Å². The van der Waals surface area contributed by atoms with E-state index >= 15 is 0 Å². The Labute approximate surface area is 86.8 Å². The van der Waals surface area contributed by atoms with E-state index in [1.54, 1.807) is 6.08 Å². The third-order valence-electron chi connectivity index (χ3n) is 2.54. The molecule has 1 aliphatic carbocycles. The SMILES string of the molecule is CC(C)CCCCNC1=CC(=O)CC1. The van der Waals surface area contributed by atoms with Crippen LogP contribution in [0, 0.1) is 5.92 Å². The van der Waals surface area contributed by atoms with Gasteiger partial charge in [0.05, 0.1) is 0 Å². The molecule has 0 aliphatic heterocycles. The number of allylic oxidation sites excluding steroid dienone is 2. The Morgan fingerprint density at radius 2 is 2.14 bits per heavy atom. The summed E-state index contributed by atoms with van der Waals surface area (Å²) < 4.78 is 0. The zero-order chi connectivity index (χ0) is 10.4. The summed E-state index contributed by atoms with van der Waals surface area (Å²) in [4.78, 5) is 10.9. The number of carbonyl (C=O) groups is 1. The first kappa shape index (κ1) is 11.3. The van der Waals surface area contributed by atoms with Gasteiger partial charge in [-0.2, -0.15) is 0 Å². The summed E-state index contributed by atoms with van der Waals surface area (Å²) in [6, 6.07) is 0. The average molecular weight is 195 g/mol. The molecule has 1 N–H and O–H groups in total. The number of ketones is 1.